The van der Waals surface area contributed by atoms with E-state index in [4.69, 9.17) is 0 Å². The van der Waals surface area contributed by atoms with Gasteiger partial charge in [-0.2, -0.15) is 0 Å². The van der Waals surface area contributed by atoms with Crippen LogP contribution in [-0.4, -0.2) is 50.1 Å². The molecule has 1 fully saturated rings. The van der Waals surface area contributed by atoms with Gasteiger partial charge in [-0.3, -0.25) is 9.69 Å². The molecule has 1 rings (SSSR count). The number of rotatable bonds is 6. The van der Waals surface area contributed by atoms with Gasteiger partial charge in [-0.05, 0) is 33.9 Å². The molecule has 100 valence electrons. The van der Waals surface area contributed by atoms with E-state index in [1.54, 1.807) is 0 Å². The quantitative estimate of drug-likeness (QED) is 0.728. The third-order valence-corrected chi connectivity index (χ3v) is 3.71. The predicted octanol–water partition coefficient (Wildman–Crippen LogP) is 0.975. The van der Waals surface area contributed by atoms with Crippen molar-refractivity contribution < 1.29 is 4.79 Å². The molecule has 0 bridgehead atoms. The molecule has 0 aromatic heterocycles. The Balaban J connectivity index is 2.29. The zero-order valence-electron chi connectivity index (χ0n) is 11.5. The number of likely N-dealkylation sites (N-methyl/N-ethyl adjacent to an activating group) is 2. The first-order chi connectivity index (χ1) is 8.15. The second-order valence-electron chi connectivity index (χ2n) is 5.10. The molecule has 1 aliphatic rings. The maximum atomic E-state index is 12.0. The normalized spacial score (nSPS) is 19.3. The Morgan fingerprint density at radius 1 is 1.35 bits per heavy atom. The standard InChI is InChI=1S/C13H27N3O/c1-11(16(3)10-9-14-2)13(17)15-12-7-5-4-6-8-12/h11-12,14H,4-10H2,1-3H3,(H,15,17). The largest absolute Gasteiger partial charge is 0.352 e. The molecule has 0 aliphatic heterocycles. The molecule has 1 atom stereocenters. The molecule has 4 heteroatoms. The van der Waals surface area contributed by atoms with Crippen molar-refractivity contribution in [2.45, 2.75) is 51.1 Å². The highest BCUT2D eigenvalue weighted by atomic mass is 16.2. The number of nitrogens with one attached hydrogen (secondary N) is 2. The molecule has 1 saturated carbocycles. The molecule has 17 heavy (non-hydrogen) atoms. The van der Waals surface area contributed by atoms with Gasteiger partial charge < -0.3 is 10.6 Å². The van der Waals surface area contributed by atoms with E-state index in [0.717, 1.165) is 25.9 Å². The second-order valence-corrected chi connectivity index (χ2v) is 5.10. The lowest BCUT2D eigenvalue weighted by molar-refractivity contribution is -0.126. The fraction of sp³-hybridized carbons (Fsp3) is 0.923. The Kier molecular flexibility index (Phi) is 6.52. The maximum Gasteiger partial charge on any atom is 0.237 e. The number of nitrogens with zero attached hydrogens (tertiary/aromatic N) is 1. The van der Waals surface area contributed by atoms with E-state index in [9.17, 15) is 4.79 Å². The van der Waals surface area contributed by atoms with Gasteiger partial charge in [0.15, 0.2) is 0 Å². The van der Waals surface area contributed by atoms with Crippen molar-refractivity contribution in [1.82, 2.24) is 15.5 Å². The summed E-state index contributed by atoms with van der Waals surface area (Å²) in [7, 11) is 3.93. The monoisotopic (exact) mass is 241 g/mol. The highest BCUT2D eigenvalue weighted by Gasteiger charge is 2.21. The fourth-order valence-corrected chi connectivity index (χ4v) is 2.25. The lowest BCUT2D eigenvalue weighted by atomic mass is 9.95. The summed E-state index contributed by atoms with van der Waals surface area (Å²) in [6.45, 7) is 3.79. The zero-order valence-corrected chi connectivity index (χ0v) is 11.5. The van der Waals surface area contributed by atoms with Crippen LogP contribution in [0.5, 0.6) is 0 Å². The molecule has 0 heterocycles. The Hall–Kier alpha value is -0.610. The summed E-state index contributed by atoms with van der Waals surface area (Å²) in [4.78, 5) is 14.1. The van der Waals surface area contributed by atoms with Crippen molar-refractivity contribution in [3.8, 4) is 0 Å². The van der Waals surface area contributed by atoms with Gasteiger partial charge in [-0.25, -0.2) is 0 Å². The minimum Gasteiger partial charge on any atom is -0.352 e. The van der Waals surface area contributed by atoms with Crippen LogP contribution in [0.4, 0.5) is 0 Å². The van der Waals surface area contributed by atoms with Crippen LogP contribution in [0, 0.1) is 0 Å². The molecule has 4 nitrogen and oxygen atoms in total. The van der Waals surface area contributed by atoms with Crippen molar-refractivity contribution >= 4 is 5.91 Å². The molecule has 0 spiro atoms. The van der Waals surface area contributed by atoms with Gasteiger partial charge in [-0.1, -0.05) is 19.3 Å². The Morgan fingerprint density at radius 3 is 2.59 bits per heavy atom. The Labute approximate surface area is 105 Å². The third-order valence-electron chi connectivity index (χ3n) is 3.71. The van der Waals surface area contributed by atoms with Gasteiger partial charge in [-0.15, -0.1) is 0 Å². The van der Waals surface area contributed by atoms with Crippen LogP contribution in [0.15, 0.2) is 0 Å². The molecule has 0 radical (unpaired) electrons. The highest BCUT2D eigenvalue weighted by Crippen LogP contribution is 2.17. The van der Waals surface area contributed by atoms with Crippen LogP contribution >= 0.6 is 0 Å². The highest BCUT2D eigenvalue weighted by molar-refractivity contribution is 5.81. The maximum absolute atomic E-state index is 12.0. The summed E-state index contributed by atoms with van der Waals surface area (Å²) in [6.07, 6.45) is 6.14. The van der Waals surface area contributed by atoms with Crippen LogP contribution < -0.4 is 10.6 Å². The minimum absolute atomic E-state index is 0.0368. The van der Waals surface area contributed by atoms with Gasteiger partial charge in [0, 0.05) is 19.1 Å². The molecule has 1 amide bonds. The van der Waals surface area contributed by atoms with Crippen molar-refractivity contribution in [2.24, 2.45) is 0 Å². The number of hydrogen-bond donors (Lipinski definition) is 2. The number of carbonyl (C=O) groups excluding carboxylic acids is 1. The van der Waals surface area contributed by atoms with Crippen molar-refractivity contribution in [1.29, 1.82) is 0 Å². The zero-order chi connectivity index (χ0) is 12.7. The summed E-state index contributed by atoms with van der Waals surface area (Å²) in [5.41, 5.74) is 0. The van der Waals surface area contributed by atoms with E-state index in [1.807, 2.05) is 21.0 Å². The summed E-state index contributed by atoms with van der Waals surface area (Å²) in [5, 5.41) is 6.28. The first-order valence-corrected chi connectivity index (χ1v) is 6.80. The minimum atomic E-state index is -0.0368. The smallest absolute Gasteiger partial charge is 0.237 e. The number of hydrogen-bond acceptors (Lipinski definition) is 3. The fourth-order valence-electron chi connectivity index (χ4n) is 2.25. The third kappa shape index (κ3) is 5.04. The van der Waals surface area contributed by atoms with Crippen molar-refractivity contribution in [3.63, 3.8) is 0 Å². The summed E-state index contributed by atoms with van der Waals surface area (Å²) < 4.78 is 0. The van der Waals surface area contributed by atoms with Crippen molar-refractivity contribution in [2.75, 3.05) is 27.2 Å². The molecular formula is C13H27N3O. The average Bonchev–Trinajstić information content (AvgIpc) is 2.36. The lowest BCUT2D eigenvalue weighted by Crippen LogP contribution is -2.48. The topological polar surface area (TPSA) is 44.4 Å². The van der Waals surface area contributed by atoms with Gasteiger partial charge in [0.25, 0.3) is 0 Å². The van der Waals surface area contributed by atoms with E-state index < -0.39 is 0 Å². The van der Waals surface area contributed by atoms with E-state index in [2.05, 4.69) is 15.5 Å². The average molecular weight is 241 g/mol. The van der Waals surface area contributed by atoms with Crippen LogP contribution in [0.3, 0.4) is 0 Å². The Morgan fingerprint density at radius 2 is 2.00 bits per heavy atom. The van der Waals surface area contributed by atoms with E-state index in [-0.39, 0.29) is 11.9 Å². The summed E-state index contributed by atoms with van der Waals surface area (Å²) in [6, 6.07) is 0.377. The number of amides is 1. The Bertz CT molecular complexity index is 227. The second kappa shape index (κ2) is 7.67. The van der Waals surface area contributed by atoms with E-state index >= 15 is 0 Å². The van der Waals surface area contributed by atoms with Gasteiger partial charge in [0.05, 0.1) is 6.04 Å². The van der Waals surface area contributed by atoms with Crippen LogP contribution in [-0.2, 0) is 4.79 Å². The molecular weight excluding hydrogens is 214 g/mol. The van der Waals surface area contributed by atoms with Gasteiger partial charge >= 0.3 is 0 Å². The summed E-state index contributed by atoms with van der Waals surface area (Å²) >= 11 is 0. The van der Waals surface area contributed by atoms with Crippen LogP contribution in [0.25, 0.3) is 0 Å². The first-order valence-electron chi connectivity index (χ1n) is 6.80. The SMILES string of the molecule is CNCCN(C)C(C)C(=O)NC1CCCCC1. The van der Waals surface area contributed by atoms with Gasteiger partial charge in [0.2, 0.25) is 5.91 Å². The number of carbonyl (C=O) groups is 1. The molecule has 0 aromatic rings. The lowest BCUT2D eigenvalue weighted by Gasteiger charge is -2.28. The predicted molar refractivity (Wildman–Crippen MR) is 71.0 cm³/mol. The molecule has 0 aromatic carbocycles. The van der Waals surface area contributed by atoms with E-state index in [1.165, 1.54) is 19.3 Å². The van der Waals surface area contributed by atoms with Crippen LogP contribution in [0.1, 0.15) is 39.0 Å². The van der Waals surface area contributed by atoms with Crippen molar-refractivity contribution in [3.05, 3.63) is 0 Å². The first kappa shape index (κ1) is 14.5. The van der Waals surface area contributed by atoms with Gasteiger partial charge in [0.1, 0.15) is 0 Å². The summed E-state index contributed by atoms with van der Waals surface area (Å²) in [5.74, 6) is 0.176. The van der Waals surface area contributed by atoms with E-state index in [0.29, 0.717) is 6.04 Å². The molecule has 0 saturated heterocycles. The molecule has 1 aliphatic carbocycles. The molecule has 2 N–H and O–H groups in total. The van der Waals surface area contributed by atoms with Crippen LogP contribution in [0.2, 0.25) is 0 Å². The molecule has 1 unspecified atom stereocenters.